The molecule has 0 saturated carbocycles. The van der Waals surface area contributed by atoms with Crippen molar-refractivity contribution in [1.82, 2.24) is 0 Å². The molecule has 0 bridgehead atoms. The van der Waals surface area contributed by atoms with Crippen molar-refractivity contribution in [3.63, 3.8) is 0 Å². The van der Waals surface area contributed by atoms with Crippen LogP contribution in [0.2, 0.25) is 0 Å². The Bertz CT molecular complexity index is 1000. The van der Waals surface area contributed by atoms with E-state index in [9.17, 15) is 4.79 Å². The number of benzene rings is 2. The first-order valence-corrected chi connectivity index (χ1v) is 9.03. The second-order valence-corrected chi connectivity index (χ2v) is 6.84. The Morgan fingerprint density at radius 1 is 1.19 bits per heavy atom. The smallest absolute Gasteiger partial charge is 0.293 e. The first kappa shape index (κ1) is 18.7. The van der Waals surface area contributed by atoms with Crippen molar-refractivity contribution in [1.29, 1.82) is 5.26 Å². The molecule has 6 heteroatoms. The second-order valence-electron chi connectivity index (χ2n) is 5.99. The molecule has 0 fully saturated rings. The zero-order valence-electron chi connectivity index (χ0n) is 14.9. The van der Waals surface area contributed by atoms with Crippen LogP contribution in [0.15, 0.2) is 63.5 Å². The zero-order valence-corrected chi connectivity index (χ0v) is 16.5. The van der Waals surface area contributed by atoms with Gasteiger partial charge >= 0.3 is 0 Å². The standard InChI is InChI=1S/C21H17BrN2O3/c1-14-11-16(5-9-19(14)22)24(2)21(25)20-10-8-18(27-20)13-26-17-6-3-15(12-23)4-7-17/h3-11H,13H2,1-2H3. The number of nitrogens with zero attached hydrogens (tertiary/aromatic N) is 2. The average Bonchev–Trinajstić information content (AvgIpc) is 3.16. The van der Waals surface area contributed by atoms with Crippen LogP contribution >= 0.6 is 15.9 Å². The van der Waals surface area contributed by atoms with Crippen molar-refractivity contribution in [3.05, 3.63) is 81.7 Å². The molecular formula is C21H17BrN2O3. The maximum absolute atomic E-state index is 12.6. The van der Waals surface area contributed by atoms with Gasteiger partial charge in [0.2, 0.25) is 0 Å². The van der Waals surface area contributed by atoms with E-state index < -0.39 is 0 Å². The van der Waals surface area contributed by atoms with Crippen molar-refractivity contribution in [2.75, 3.05) is 11.9 Å². The van der Waals surface area contributed by atoms with E-state index in [2.05, 4.69) is 22.0 Å². The number of amides is 1. The summed E-state index contributed by atoms with van der Waals surface area (Å²) in [7, 11) is 1.71. The lowest BCUT2D eigenvalue weighted by Crippen LogP contribution is -2.25. The Labute approximate surface area is 165 Å². The summed E-state index contributed by atoms with van der Waals surface area (Å²) in [6.45, 7) is 2.16. The Hall–Kier alpha value is -3.04. The van der Waals surface area contributed by atoms with Gasteiger partial charge in [-0.05, 0) is 67.1 Å². The number of halogens is 1. The van der Waals surface area contributed by atoms with Crippen molar-refractivity contribution in [2.24, 2.45) is 0 Å². The van der Waals surface area contributed by atoms with Gasteiger partial charge in [0.25, 0.3) is 5.91 Å². The predicted octanol–water partition coefficient (Wildman–Crippen LogP) is 5.08. The zero-order chi connectivity index (χ0) is 19.4. The molecule has 1 amide bonds. The number of anilines is 1. The number of carbonyl (C=O) groups excluding carboxylic acids is 1. The molecule has 0 saturated heterocycles. The minimum absolute atomic E-state index is 0.195. The number of hydrogen-bond donors (Lipinski definition) is 0. The van der Waals surface area contributed by atoms with Gasteiger partial charge in [-0.1, -0.05) is 15.9 Å². The molecule has 0 N–H and O–H groups in total. The summed E-state index contributed by atoms with van der Waals surface area (Å²) in [5.41, 5.74) is 2.40. The van der Waals surface area contributed by atoms with E-state index >= 15 is 0 Å². The molecule has 136 valence electrons. The third kappa shape index (κ3) is 4.39. The van der Waals surface area contributed by atoms with Gasteiger partial charge < -0.3 is 14.1 Å². The molecule has 0 aliphatic heterocycles. The topological polar surface area (TPSA) is 66.5 Å². The summed E-state index contributed by atoms with van der Waals surface area (Å²) in [5, 5.41) is 8.80. The van der Waals surface area contributed by atoms with Crippen LogP contribution in [0.5, 0.6) is 5.75 Å². The number of carbonyl (C=O) groups is 1. The van der Waals surface area contributed by atoms with Gasteiger partial charge in [0.15, 0.2) is 5.76 Å². The number of rotatable bonds is 5. The second kappa shape index (κ2) is 8.11. The summed E-state index contributed by atoms with van der Waals surface area (Å²) < 4.78 is 12.2. The van der Waals surface area contributed by atoms with Crippen LogP contribution in [0.25, 0.3) is 0 Å². The first-order valence-electron chi connectivity index (χ1n) is 8.24. The average molecular weight is 425 g/mol. The fraction of sp³-hybridized carbons (Fsp3) is 0.143. The molecule has 1 aromatic heterocycles. The van der Waals surface area contributed by atoms with Crippen LogP contribution in [0.4, 0.5) is 5.69 Å². The number of hydrogen-bond acceptors (Lipinski definition) is 4. The summed E-state index contributed by atoms with van der Waals surface area (Å²) >= 11 is 3.46. The van der Waals surface area contributed by atoms with E-state index in [4.69, 9.17) is 14.4 Å². The molecule has 5 nitrogen and oxygen atoms in total. The SMILES string of the molecule is Cc1cc(N(C)C(=O)c2ccc(COc3ccc(C#N)cc3)o2)ccc1Br. The molecule has 0 aliphatic carbocycles. The Morgan fingerprint density at radius 3 is 2.59 bits per heavy atom. The molecule has 0 atom stereocenters. The Balaban J connectivity index is 1.66. The van der Waals surface area contributed by atoms with Gasteiger partial charge in [0, 0.05) is 17.2 Å². The fourth-order valence-electron chi connectivity index (χ4n) is 2.47. The molecule has 0 unspecified atom stereocenters. The maximum atomic E-state index is 12.6. The number of ether oxygens (including phenoxy) is 1. The van der Waals surface area contributed by atoms with Crippen LogP contribution < -0.4 is 9.64 Å². The van der Waals surface area contributed by atoms with Gasteiger partial charge in [0.05, 0.1) is 11.6 Å². The van der Waals surface area contributed by atoms with Gasteiger partial charge in [-0.15, -0.1) is 0 Å². The van der Waals surface area contributed by atoms with Crippen LogP contribution in [-0.4, -0.2) is 13.0 Å². The lowest BCUT2D eigenvalue weighted by Gasteiger charge is -2.17. The van der Waals surface area contributed by atoms with Crippen molar-refractivity contribution in [2.45, 2.75) is 13.5 Å². The molecule has 0 aliphatic rings. The molecule has 27 heavy (non-hydrogen) atoms. The van der Waals surface area contributed by atoms with Gasteiger partial charge in [-0.3, -0.25) is 4.79 Å². The Morgan fingerprint density at radius 2 is 1.93 bits per heavy atom. The number of furan rings is 1. The highest BCUT2D eigenvalue weighted by atomic mass is 79.9. The third-order valence-electron chi connectivity index (χ3n) is 4.07. The summed E-state index contributed by atoms with van der Waals surface area (Å²) in [6.07, 6.45) is 0. The van der Waals surface area contributed by atoms with E-state index in [0.717, 1.165) is 15.7 Å². The third-order valence-corrected chi connectivity index (χ3v) is 4.96. The van der Waals surface area contributed by atoms with Crippen molar-refractivity contribution >= 4 is 27.5 Å². The summed E-state index contributed by atoms with van der Waals surface area (Å²) in [6, 6.07) is 17.9. The molecule has 3 rings (SSSR count). The van der Waals surface area contributed by atoms with Crippen molar-refractivity contribution in [3.8, 4) is 11.8 Å². The van der Waals surface area contributed by atoms with Gasteiger partial charge in [-0.25, -0.2) is 0 Å². The summed E-state index contributed by atoms with van der Waals surface area (Å²) in [5.74, 6) is 1.18. The van der Waals surface area contributed by atoms with E-state index in [-0.39, 0.29) is 18.3 Å². The summed E-state index contributed by atoms with van der Waals surface area (Å²) in [4.78, 5) is 14.2. The lowest BCUT2D eigenvalue weighted by atomic mass is 10.2. The van der Waals surface area contributed by atoms with E-state index in [1.165, 1.54) is 0 Å². The molecule has 1 heterocycles. The van der Waals surface area contributed by atoms with Gasteiger partial charge in [-0.2, -0.15) is 5.26 Å². The van der Waals surface area contributed by atoms with E-state index in [1.807, 2.05) is 25.1 Å². The van der Waals surface area contributed by atoms with E-state index in [0.29, 0.717) is 17.1 Å². The highest BCUT2D eigenvalue weighted by molar-refractivity contribution is 9.10. The highest BCUT2D eigenvalue weighted by Crippen LogP contribution is 2.24. The normalized spacial score (nSPS) is 10.3. The minimum Gasteiger partial charge on any atom is -0.486 e. The van der Waals surface area contributed by atoms with Crippen LogP contribution in [0.1, 0.15) is 27.4 Å². The maximum Gasteiger partial charge on any atom is 0.293 e. The predicted molar refractivity (Wildman–Crippen MR) is 106 cm³/mol. The van der Waals surface area contributed by atoms with Crippen LogP contribution in [0, 0.1) is 18.3 Å². The minimum atomic E-state index is -0.235. The molecular weight excluding hydrogens is 408 g/mol. The Kier molecular flexibility index (Phi) is 5.63. The largest absolute Gasteiger partial charge is 0.486 e. The quantitative estimate of drug-likeness (QED) is 0.572. The number of nitriles is 1. The monoisotopic (exact) mass is 424 g/mol. The van der Waals surface area contributed by atoms with E-state index in [1.54, 1.807) is 48.3 Å². The van der Waals surface area contributed by atoms with Crippen LogP contribution in [-0.2, 0) is 6.61 Å². The fourth-order valence-corrected chi connectivity index (χ4v) is 2.72. The molecule has 2 aromatic carbocycles. The molecule has 0 spiro atoms. The highest BCUT2D eigenvalue weighted by Gasteiger charge is 2.18. The van der Waals surface area contributed by atoms with Gasteiger partial charge in [0.1, 0.15) is 18.1 Å². The van der Waals surface area contributed by atoms with Crippen LogP contribution in [0.3, 0.4) is 0 Å². The lowest BCUT2D eigenvalue weighted by molar-refractivity contribution is 0.0962. The number of aryl methyl sites for hydroxylation is 1. The molecule has 3 aromatic rings. The van der Waals surface area contributed by atoms with Crippen molar-refractivity contribution < 1.29 is 13.9 Å². The first-order chi connectivity index (χ1) is 13.0. The molecule has 0 radical (unpaired) electrons.